The van der Waals surface area contributed by atoms with E-state index in [1.54, 1.807) is 0 Å². The van der Waals surface area contributed by atoms with E-state index in [0.29, 0.717) is 0 Å². The number of hydrogen-bond donors (Lipinski definition) is 1. The van der Waals surface area contributed by atoms with Crippen LogP contribution in [0.1, 0.15) is 0 Å². The summed E-state index contributed by atoms with van der Waals surface area (Å²) < 4.78 is 33.5. The predicted octanol–water partition coefficient (Wildman–Crippen LogP) is -1.37. The van der Waals surface area contributed by atoms with Crippen molar-refractivity contribution in [2.45, 2.75) is 12.2 Å². The molecule has 6 heteroatoms. The van der Waals surface area contributed by atoms with Crippen LogP contribution in [0.4, 0.5) is 13.2 Å². The molecule has 0 rings (SSSR count). The Labute approximate surface area is 48.3 Å². The summed E-state index contributed by atoms with van der Waals surface area (Å²) in [5.41, 5.74) is 4.11. The topological polar surface area (TPSA) is 66.2 Å². The van der Waals surface area contributed by atoms with E-state index in [4.69, 9.17) is 0 Å². The Kier molecular flexibility index (Phi) is 2.03. The minimum Gasteiger partial charge on any atom is -0.548 e. The number of hydrogen-bond acceptors (Lipinski definition) is 3. The lowest BCUT2D eigenvalue weighted by Gasteiger charge is -2.15. The van der Waals surface area contributed by atoms with E-state index in [2.05, 4.69) is 5.73 Å². The fourth-order valence-electron chi connectivity index (χ4n) is 0.134. The molecule has 0 radical (unpaired) electrons. The number of alkyl halides is 3. The number of carbonyl (C=O) groups excluding carboxylic acids is 1. The summed E-state index contributed by atoms with van der Waals surface area (Å²) in [5.74, 6) is -2.32. The number of halogens is 3. The SMILES string of the molecule is NC(C(=O)[O-])C(F)(F)F. The standard InChI is InChI=1S/C3H4F3NO2/c4-3(5,6)1(7)2(8)9/h1H,7H2,(H,8,9)/p-1. The van der Waals surface area contributed by atoms with Crippen LogP contribution >= 0.6 is 0 Å². The molecule has 0 aliphatic heterocycles. The molecule has 0 saturated heterocycles. The molecule has 3 nitrogen and oxygen atoms in total. The number of carboxylic acid groups (broad SMARTS) is 1. The third kappa shape index (κ3) is 2.31. The largest absolute Gasteiger partial charge is 0.548 e. The summed E-state index contributed by atoms with van der Waals surface area (Å²) in [6.07, 6.45) is -4.90. The average molecular weight is 142 g/mol. The van der Waals surface area contributed by atoms with Gasteiger partial charge in [0.2, 0.25) is 0 Å². The molecule has 0 fully saturated rings. The third-order valence-corrected chi connectivity index (χ3v) is 0.607. The Balaban J connectivity index is 4.04. The molecule has 0 heterocycles. The van der Waals surface area contributed by atoms with Gasteiger partial charge in [0, 0.05) is 0 Å². The highest BCUT2D eigenvalue weighted by atomic mass is 19.4. The Bertz CT molecular complexity index is 121. The van der Waals surface area contributed by atoms with Gasteiger partial charge < -0.3 is 15.6 Å². The minimum absolute atomic E-state index is 2.32. The highest BCUT2D eigenvalue weighted by molar-refractivity contribution is 5.71. The fourth-order valence-corrected chi connectivity index (χ4v) is 0.134. The number of nitrogens with two attached hydrogens (primary N) is 1. The van der Waals surface area contributed by atoms with Crippen molar-refractivity contribution in [1.29, 1.82) is 0 Å². The number of carbonyl (C=O) groups is 1. The van der Waals surface area contributed by atoms with Crippen LogP contribution in [0.2, 0.25) is 0 Å². The molecule has 54 valence electrons. The molecular weight excluding hydrogens is 139 g/mol. The predicted molar refractivity (Wildman–Crippen MR) is 19.0 cm³/mol. The minimum atomic E-state index is -4.90. The van der Waals surface area contributed by atoms with E-state index in [1.807, 2.05) is 0 Å². The number of carboxylic acids is 1. The van der Waals surface area contributed by atoms with Gasteiger partial charge >= 0.3 is 6.18 Å². The van der Waals surface area contributed by atoms with E-state index < -0.39 is 18.2 Å². The maximum Gasteiger partial charge on any atom is 0.408 e. The van der Waals surface area contributed by atoms with E-state index in [-0.39, 0.29) is 0 Å². The molecule has 0 aliphatic rings. The molecule has 1 atom stereocenters. The Morgan fingerprint density at radius 1 is 1.56 bits per heavy atom. The molecule has 0 aliphatic carbocycles. The van der Waals surface area contributed by atoms with Crippen LogP contribution in [-0.2, 0) is 4.79 Å². The van der Waals surface area contributed by atoms with Crippen LogP contribution < -0.4 is 10.8 Å². The van der Waals surface area contributed by atoms with E-state index >= 15 is 0 Å². The second-order valence-corrected chi connectivity index (χ2v) is 1.34. The first-order chi connectivity index (χ1) is 3.85. The Morgan fingerprint density at radius 3 is 1.89 bits per heavy atom. The van der Waals surface area contributed by atoms with Gasteiger partial charge in [-0.15, -0.1) is 0 Å². The van der Waals surface area contributed by atoms with Gasteiger partial charge in [0.15, 0.2) is 0 Å². The van der Waals surface area contributed by atoms with Crippen LogP contribution in [0.15, 0.2) is 0 Å². The highest BCUT2D eigenvalue weighted by Crippen LogP contribution is 2.17. The van der Waals surface area contributed by atoms with Gasteiger partial charge in [0.25, 0.3) is 0 Å². The maximum atomic E-state index is 11.2. The molecule has 0 bridgehead atoms. The van der Waals surface area contributed by atoms with Gasteiger partial charge in [-0.25, -0.2) is 0 Å². The molecule has 1 unspecified atom stereocenters. The third-order valence-electron chi connectivity index (χ3n) is 0.607. The van der Waals surface area contributed by atoms with Crippen molar-refractivity contribution in [3.8, 4) is 0 Å². The Morgan fingerprint density at radius 2 is 1.89 bits per heavy atom. The zero-order valence-corrected chi connectivity index (χ0v) is 4.11. The van der Waals surface area contributed by atoms with Gasteiger partial charge in [0.05, 0.1) is 5.97 Å². The summed E-state index contributed by atoms with van der Waals surface area (Å²) in [6.45, 7) is 0. The summed E-state index contributed by atoms with van der Waals surface area (Å²) >= 11 is 0. The maximum absolute atomic E-state index is 11.2. The molecule has 0 aromatic rings. The summed E-state index contributed by atoms with van der Waals surface area (Å²) in [5, 5.41) is 9.39. The second-order valence-electron chi connectivity index (χ2n) is 1.34. The smallest absolute Gasteiger partial charge is 0.408 e. The van der Waals surface area contributed by atoms with Crippen molar-refractivity contribution in [2.24, 2.45) is 5.73 Å². The molecule has 0 saturated carbocycles. The van der Waals surface area contributed by atoms with Crippen LogP contribution in [0.5, 0.6) is 0 Å². The fraction of sp³-hybridized carbons (Fsp3) is 0.667. The van der Waals surface area contributed by atoms with Gasteiger partial charge in [-0.2, -0.15) is 13.2 Å². The van der Waals surface area contributed by atoms with Crippen molar-refractivity contribution < 1.29 is 23.1 Å². The van der Waals surface area contributed by atoms with Crippen molar-refractivity contribution in [3.05, 3.63) is 0 Å². The van der Waals surface area contributed by atoms with E-state index in [1.165, 1.54) is 0 Å². The van der Waals surface area contributed by atoms with Crippen molar-refractivity contribution in [2.75, 3.05) is 0 Å². The van der Waals surface area contributed by atoms with Gasteiger partial charge in [-0.05, 0) is 0 Å². The molecule has 0 aromatic heterocycles. The molecule has 0 spiro atoms. The molecule has 9 heavy (non-hydrogen) atoms. The van der Waals surface area contributed by atoms with Crippen LogP contribution in [-0.4, -0.2) is 18.2 Å². The summed E-state index contributed by atoms with van der Waals surface area (Å²) in [6, 6.07) is -2.88. The first-order valence-corrected chi connectivity index (χ1v) is 1.89. The summed E-state index contributed by atoms with van der Waals surface area (Å²) in [4.78, 5) is 9.39. The van der Waals surface area contributed by atoms with Crippen molar-refractivity contribution >= 4 is 5.97 Å². The van der Waals surface area contributed by atoms with Gasteiger partial charge in [0.1, 0.15) is 6.04 Å². The first kappa shape index (κ1) is 8.22. The molecule has 2 N–H and O–H groups in total. The van der Waals surface area contributed by atoms with Crippen LogP contribution in [0.25, 0.3) is 0 Å². The zero-order valence-electron chi connectivity index (χ0n) is 4.11. The van der Waals surface area contributed by atoms with Gasteiger partial charge in [-0.3, -0.25) is 0 Å². The number of rotatable bonds is 1. The van der Waals surface area contributed by atoms with Gasteiger partial charge in [-0.1, -0.05) is 0 Å². The number of aliphatic carboxylic acids is 1. The van der Waals surface area contributed by atoms with E-state index in [9.17, 15) is 23.1 Å². The summed E-state index contributed by atoms with van der Waals surface area (Å²) in [7, 11) is 0. The highest BCUT2D eigenvalue weighted by Gasteiger charge is 2.37. The lowest BCUT2D eigenvalue weighted by atomic mass is 10.3. The second kappa shape index (κ2) is 2.22. The lowest BCUT2D eigenvalue weighted by molar-refractivity contribution is -0.317. The molecule has 0 amide bonds. The van der Waals surface area contributed by atoms with Crippen molar-refractivity contribution in [1.82, 2.24) is 0 Å². The molecular formula is C3H3F3NO2-. The lowest BCUT2D eigenvalue weighted by Crippen LogP contribution is -2.51. The average Bonchev–Trinajstić information content (AvgIpc) is 1.62. The van der Waals surface area contributed by atoms with Crippen LogP contribution in [0, 0.1) is 0 Å². The zero-order chi connectivity index (χ0) is 7.65. The van der Waals surface area contributed by atoms with Crippen molar-refractivity contribution in [3.63, 3.8) is 0 Å². The monoisotopic (exact) mass is 142 g/mol. The normalized spacial score (nSPS) is 15.1. The van der Waals surface area contributed by atoms with E-state index in [0.717, 1.165) is 0 Å². The first-order valence-electron chi connectivity index (χ1n) is 1.89. The quantitative estimate of drug-likeness (QED) is 0.491. The molecule has 0 aromatic carbocycles. The Hall–Kier alpha value is -0.780. The van der Waals surface area contributed by atoms with Crippen LogP contribution in [0.3, 0.4) is 0 Å².